The molecule has 2 aromatic carbocycles. The van der Waals surface area contributed by atoms with Crippen LogP contribution in [0.25, 0.3) is 16.6 Å². The van der Waals surface area contributed by atoms with Crippen LogP contribution in [0.5, 0.6) is 11.5 Å². The first-order chi connectivity index (χ1) is 13.1. The van der Waals surface area contributed by atoms with Gasteiger partial charge in [-0.1, -0.05) is 23.9 Å². The fraction of sp³-hybridized carbons (Fsp3) is 0.250. The lowest BCUT2D eigenvalue weighted by Gasteiger charge is -2.15. The van der Waals surface area contributed by atoms with E-state index in [2.05, 4.69) is 11.1 Å². The minimum atomic E-state index is -0.167. The molecule has 0 N–H and O–H groups in total. The number of rotatable bonds is 6. The Hall–Kier alpha value is -2.98. The van der Waals surface area contributed by atoms with Gasteiger partial charge in [0.1, 0.15) is 0 Å². The van der Waals surface area contributed by atoms with Crippen molar-refractivity contribution in [1.29, 1.82) is 5.26 Å². The fourth-order valence-electron chi connectivity index (χ4n) is 2.64. The minimum Gasteiger partial charge on any atom is -0.493 e. The maximum atomic E-state index is 13.2. The zero-order valence-corrected chi connectivity index (χ0v) is 16.1. The van der Waals surface area contributed by atoms with E-state index in [0.717, 1.165) is 0 Å². The molecule has 0 amide bonds. The van der Waals surface area contributed by atoms with Crippen molar-refractivity contribution in [1.82, 2.24) is 9.55 Å². The van der Waals surface area contributed by atoms with Crippen LogP contribution in [-0.2, 0) is 0 Å². The minimum absolute atomic E-state index is 0.155. The van der Waals surface area contributed by atoms with Gasteiger partial charge in [0, 0.05) is 11.8 Å². The second-order valence-electron chi connectivity index (χ2n) is 5.93. The van der Waals surface area contributed by atoms with E-state index in [1.165, 1.54) is 11.8 Å². The second-order valence-corrected chi connectivity index (χ2v) is 6.92. The largest absolute Gasteiger partial charge is 0.493 e. The Labute approximate surface area is 161 Å². The highest BCUT2D eigenvalue weighted by molar-refractivity contribution is 7.99. The number of hydrogen-bond donors (Lipinski definition) is 0. The third-order valence-corrected chi connectivity index (χ3v) is 5.25. The SMILES string of the molecule is COc1ccc(-n2c(SC[C@H](C)C#N)nc3ccccc3c2=O)cc1OC. The maximum Gasteiger partial charge on any atom is 0.266 e. The Kier molecular flexibility index (Phi) is 5.67. The summed E-state index contributed by atoms with van der Waals surface area (Å²) >= 11 is 1.38. The quantitative estimate of drug-likeness (QED) is 0.479. The molecule has 27 heavy (non-hydrogen) atoms. The van der Waals surface area contributed by atoms with Crippen molar-refractivity contribution in [2.45, 2.75) is 12.1 Å². The molecule has 3 aromatic rings. The number of fused-ring (bicyclic) bond motifs is 1. The molecule has 0 saturated carbocycles. The summed E-state index contributed by atoms with van der Waals surface area (Å²) in [5.41, 5.74) is 1.09. The molecule has 0 spiro atoms. The molecule has 1 atom stereocenters. The van der Waals surface area contributed by atoms with E-state index in [1.54, 1.807) is 43.1 Å². The Morgan fingerprint density at radius 1 is 1.19 bits per heavy atom. The van der Waals surface area contributed by atoms with Crippen molar-refractivity contribution in [2.24, 2.45) is 5.92 Å². The summed E-state index contributed by atoms with van der Waals surface area (Å²) in [6, 6.07) is 14.7. The van der Waals surface area contributed by atoms with Gasteiger partial charge in [-0.15, -0.1) is 0 Å². The molecule has 138 valence electrons. The van der Waals surface area contributed by atoms with Crippen LogP contribution >= 0.6 is 11.8 Å². The van der Waals surface area contributed by atoms with Gasteiger partial charge >= 0.3 is 0 Å². The van der Waals surface area contributed by atoms with E-state index in [4.69, 9.17) is 14.7 Å². The number of thioether (sulfide) groups is 1. The molecule has 0 fully saturated rings. The van der Waals surface area contributed by atoms with Gasteiger partial charge in [0.05, 0.1) is 42.8 Å². The van der Waals surface area contributed by atoms with Crippen molar-refractivity contribution < 1.29 is 9.47 Å². The summed E-state index contributed by atoms with van der Waals surface area (Å²) in [5.74, 6) is 1.48. The summed E-state index contributed by atoms with van der Waals surface area (Å²) in [6.45, 7) is 1.84. The van der Waals surface area contributed by atoms with Crippen molar-refractivity contribution in [2.75, 3.05) is 20.0 Å². The van der Waals surface area contributed by atoms with E-state index in [-0.39, 0.29) is 11.5 Å². The second kappa shape index (κ2) is 8.14. The first-order valence-electron chi connectivity index (χ1n) is 8.35. The number of nitriles is 1. The molecule has 7 heteroatoms. The van der Waals surface area contributed by atoms with Gasteiger partial charge in [0.25, 0.3) is 5.56 Å². The molecule has 1 heterocycles. The van der Waals surface area contributed by atoms with Crippen LogP contribution in [0.15, 0.2) is 52.4 Å². The summed E-state index contributed by atoms with van der Waals surface area (Å²) in [6.07, 6.45) is 0. The Morgan fingerprint density at radius 3 is 2.63 bits per heavy atom. The molecule has 1 aromatic heterocycles. The molecule has 0 bridgehead atoms. The van der Waals surface area contributed by atoms with Crippen LogP contribution < -0.4 is 15.0 Å². The number of para-hydroxylation sites is 1. The van der Waals surface area contributed by atoms with Gasteiger partial charge in [-0.05, 0) is 31.2 Å². The van der Waals surface area contributed by atoms with Gasteiger partial charge in [-0.2, -0.15) is 5.26 Å². The Bertz CT molecular complexity index is 1070. The summed E-state index contributed by atoms with van der Waals surface area (Å²) in [7, 11) is 3.11. The highest BCUT2D eigenvalue weighted by atomic mass is 32.2. The third-order valence-electron chi connectivity index (χ3n) is 4.05. The van der Waals surface area contributed by atoms with Crippen LogP contribution in [0, 0.1) is 17.2 Å². The first-order valence-corrected chi connectivity index (χ1v) is 9.34. The van der Waals surface area contributed by atoms with Gasteiger partial charge < -0.3 is 9.47 Å². The van der Waals surface area contributed by atoms with E-state index in [9.17, 15) is 4.79 Å². The highest BCUT2D eigenvalue weighted by Gasteiger charge is 2.16. The topological polar surface area (TPSA) is 77.1 Å². The van der Waals surface area contributed by atoms with E-state index in [1.807, 2.05) is 25.1 Å². The summed E-state index contributed by atoms with van der Waals surface area (Å²) < 4.78 is 12.2. The molecule has 0 aliphatic heterocycles. The lowest BCUT2D eigenvalue weighted by atomic mass is 10.2. The first kappa shape index (κ1) is 18.8. The van der Waals surface area contributed by atoms with Gasteiger partial charge in [0.15, 0.2) is 16.7 Å². The normalized spacial score (nSPS) is 11.8. The number of benzene rings is 2. The number of hydrogen-bond acceptors (Lipinski definition) is 6. The van der Waals surface area contributed by atoms with Crippen LogP contribution in [0.4, 0.5) is 0 Å². The average Bonchev–Trinajstić information content (AvgIpc) is 2.71. The Balaban J connectivity index is 2.22. The standard InChI is InChI=1S/C20H19N3O3S/c1-13(11-21)12-27-20-22-16-7-5-4-6-15(16)19(24)23(20)14-8-9-17(25-2)18(10-14)26-3/h4-10,13H,12H2,1-3H3/t13-/m1/s1. The molecule has 3 rings (SSSR count). The number of nitrogens with zero attached hydrogens (tertiary/aromatic N) is 3. The van der Waals surface area contributed by atoms with Gasteiger partial charge in [-0.3, -0.25) is 9.36 Å². The fourth-order valence-corrected chi connectivity index (χ4v) is 3.59. The monoisotopic (exact) mass is 381 g/mol. The molecule has 0 aliphatic carbocycles. The predicted octanol–water partition coefficient (Wildman–Crippen LogP) is 3.65. The lowest BCUT2D eigenvalue weighted by molar-refractivity contribution is 0.354. The molecule has 0 saturated heterocycles. The van der Waals surface area contributed by atoms with Gasteiger partial charge in [0.2, 0.25) is 0 Å². The number of aromatic nitrogens is 2. The molecule has 0 aliphatic rings. The number of ether oxygens (including phenoxy) is 2. The maximum absolute atomic E-state index is 13.2. The van der Waals surface area contributed by atoms with E-state index >= 15 is 0 Å². The molecule has 0 unspecified atom stereocenters. The van der Waals surface area contributed by atoms with Crippen LogP contribution in [0.3, 0.4) is 0 Å². The van der Waals surface area contributed by atoms with Crippen molar-refractivity contribution in [3.8, 4) is 23.3 Å². The van der Waals surface area contributed by atoms with E-state index in [0.29, 0.717) is 39.0 Å². The average molecular weight is 381 g/mol. The molecular formula is C20H19N3O3S. The zero-order chi connectivity index (χ0) is 19.4. The van der Waals surface area contributed by atoms with Crippen molar-refractivity contribution >= 4 is 22.7 Å². The highest BCUT2D eigenvalue weighted by Crippen LogP contribution is 2.31. The third kappa shape index (κ3) is 3.76. The van der Waals surface area contributed by atoms with E-state index < -0.39 is 0 Å². The predicted molar refractivity (Wildman–Crippen MR) is 106 cm³/mol. The van der Waals surface area contributed by atoms with Crippen LogP contribution in [0.2, 0.25) is 0 Å². The van der Waals surface area contributed by atoms with Crippen molar-refractivity contribution in [3.05, 3.63) is 52.8 Å². The zero-order valence-electron chi connectivity index (χ0n) is 15.3. The molecule has 0 radical (unpaired) electrons. The molecular weight excluding hydrogens is 362 g/mol. The Morgan fingerprint density at radius 2 is 1.93 bits per heavy atom. The number of methoxy groups -OCH3 is 2. The van der Waals surface area contributed by atoms with Crippen molar-refractivity contribution in [3.63, 3.8) is 0 Å². The van der Waals surface area contributed by atoms with Crippen LogP contribution in [0.1, 0.15) is 6.92 Å². The van der Waals surface area contributed by atoms with Gasteiger partial charge in [-0.25, -0.2) is 4.98 Å². The molecule has 6 nitrogen and oxygen atoms in total. The summed E-state index contributed by atoms with van der Waals surface area (Å²) in [4.78, 5) is 17.9. The summed E-state index contributed by atoms with van der Waals surface area (Å²) in [5, 5.41) is 10.1. The lowest BCUT2D eigenvalue weighted by Crippen LogP contribution is -2.22. The smallest absolute Gasteiger partial charge is 0.266 e. The van der Waals surface area contributed by atoms with Crippen LogP contribution in [-0.4, -0.2) is 29.5 Å².